The fourth-order valence-electron chi connectivity index (χ4n) is 12.9. The van der Waals surface area contributed by atoms with Crippen molar-refractivity contribution in [2.24, 2.45) is 5.73 Å². The molecule has 37 nitrogen and oxygen atoms in total. The number of hydrogen-bond acceptors (Lipinski definition) is 30. The monoisotopic (exact) mass is 2160 g/mol. The van der Waals surface area contributed by atoms with Crippen LogP contribution >= 0.6 is 73.9 Å². The van der Waals surface area contributed by atoms with Gasteiger partial charge in [0, 0.05) is 114 Å². The van der Waals surface area contributed by atoms with Crippen molar-refractivity contribution in [3.8, 4) is 11.5 Å². The maximum Gasteiger partial charge on any atom is 1.00 e. The van der Waals surface area contributed by atoms with E-state index in [1.165, 1.54) is 104 Å². The van der Waals surface area contributed by atoms with Gasteiger partial charge in [0.2, 0.25) is 29.1 Å². The fourth-order valence-corrected chi connectivity index (χ4v) is 14.0. The minimum Gasteiger partial charge on any atom is -1.00 e. The summed E-state index contributed by atoms with van der Waals surface area (Å²) in [4.78, 5) is 137. The number of imidazole rings is 4. The predicted octanol–water partition coefficient (Wildman–Crippen LogP) is 10.2. The van der Waals surface area contributed by atoms with Crippen molar-refractivity contribution in [3.05, 3.63) is 241 Å². The van der Waals surface area contributed by atoms with Crippen LogP contribution < -0.4 is 127 Å². The van der Waals surface area contributed by atoms with Gasteiger partial charge in [-0.15, -0.1) is 26.3 Å². The van der Waals surface area contributed by atoms with Gasteiger partial charge in [0.1, 0.15) is 29.4 Å². The molecule has 8 N–H and O–H groups in total. The maximum atomic E-state index is 13.0. The van der Waals surface area contributed by atoms with Crippen molar-refractivity contribution >= 4 is 173 Å². The summed E-state index contributed by atoms with van der Waals surface area (Å²) in [5.41, 5.74) is 20.1. The van der Waals surface area contributed by atoms with Gasteiger partial charge < -0.3 is 77.2 Å². The molecule has 13 aromatic rings. The third-order valence-corrected chi connectivity index (χ3v) is 22.0. The van der Waals surface area contributed by atoms with Crippen molar-refractivity contribution in [3.63, 3.8) is 0 Å². The van der Waals surface area contributed by atoms with E-state index in [1.54, 1.807) is 59.3 Å². The van der Waals surface area contributed by atoms with Crippen molar-refractivity contribution in [2.75, 3.05) is 86.9 Å². The number of ketones is 2. The Hall–Kier alpha value is -10.7. The Morgan fingerprint density at radius 1 is 0.504 bits per heavy atom. The fraction of sp³-hybridized carbons (Fsp3) is 0.333. The van der Waals surface area contributed by atoms with Crippen LogP contribution in [-0.2, 0) is 72.2 Å². The second kappa shape index (κ2) is 58.1. The number of aromatic nitrogens is 14. The average Bonchev–Trinajstić information content (AvgIpc) is 1.74. The van der Waals surface area contributed by atoms with Crippen LogP contribution in [-0.4, -0.2) is 222 Å². The van der Waals surface area contributed by atoms with E-state index in [1.807, 2.05) is 90.3 Å². The Kier molecular flexibility index (Phi) is 50.5. The largest absolute Gasteiger partial charge is 1.00 e. The molecule has 1 atom stereocenters. The zero-order chi connectivity index (χ0) is 101. The number of Topliss-reactive ketones (excluding diaryl/α,β-unsaturated/α-hetero) is 2. The SMILES string of the molecule is C.CCC(=O)C(Br)C(=O)OC.CCC(=O)CC(=O)OC.CCc1nc2ncc(Cl)cn2c1C(=O)NCc1ccc(N(C)C2CN(c3ccc(OC(F)(F)F)cc3)C2)cc1.CCc1nc2ncc(Cl)cn2c1C(=O)O.CCc1nc2ncc(Cl)cn2c1C(=O)O.CCc1nc2ncc(Cl)cn2c1C(=O)OC.CN(c1ccc(CN)cc1)C1CN(c2ccc(OC(F)(F)F)cc2)C1.Nc1ncc(Cl)cn1.[H-].[K+].[Na+].[OH-]. The topological polar surface area (TPSA) is 477 Å². The maximum absolute atomic E-state index is 13.0. The van der Waals surface area contributed by atoms with Crippen molar-refractivity contribution < 1.29 is 186 Å². The molecular formula is C90H101BrCl5F6KN21NaO16. The number of nitrogen functional groups attached to an aromatic ring is 1. The smallest absolute Gasteiger partial charge is 1.00 e. The van der Waals surface area contributed by atoms with Crippen molar-refractivity contribution in [1.29, 1.82) is 0 Å². The number of amides is 1. The molecule has 141 heavy (non-hydrogen) atoms. The number of fused-ring (bicyclic) bond motifs is 4. The van der Waals surface area contributed by atoms with Gasteiger partial charge in [-0.3, -0.25) is 41.6 Å². The number of nitrogens with zero attached hydrogens (tertiary/aromatic N) is 18. The van der Waals surface area contributed by atoms with Gasteiger partial charge in [-0.1, -0.05) is 147 Å². The van der Waals surface area contributed by atoms with Gasteiger partial charge in [-0.05, 0) is 110 Å². The average molecular weight is 2170 g/mol. The molecule has 0 radical (unpaired) electrons. The van der Waals surface area contributed by atoms with Crippen LogP contribution in [0.25, 0.3) is 23.1 Å². The van der Waals surface area contributed by atoms with E-state index < -0.39 is 47.4 Å². The number of aromatic carboxylic acids is 2. The first-order chi connectivity index (χ1) is 65.0. The summed E-state index contributed by atoms with van der Waals surface area (Å²) in [6, 6.07) is 28.5. The molecule has 51 heteroatoms. The molecule has 9 aromatic heterocycles. The molecule has 15 rings (SSSR count). The van der Waals surface area contributed by atoms with Gasteiger partial charge in [0.15, 0.2) is 27.7 Å². The molecule has 2 aliphatic heterocycles. The number of nitrogens with one attached hydrogen (secondary N) is 1. The van der Waals surface area contributed by atoms with Crippen LogP contribution in [0, 0.1) is 0 Å². The molecule has 1 amide bonds. The van der Waals surface area contributed by atoms with Gasteiger partial charge in [0.25, 0.3) is 5.91 Å². The number of ether oxygens (including phenoxy) is 5. The molecule has 1 unspecified atom stereocenters. The van der Waals surface area contributed by atoms with Gasteiger partial charge >= 0.3 is 124 Å². The first-order valence-electron chi connectivity index (χ1n) is 41.6. The first-order valence-corrected chi connectivity index (χ1v) is 44.4. The number of hydrogen-bond donors (Lipinski definition) is 5. The molecule has 0 saturated carbocycles. The van der Waals surface area contributed by atoms with Crippen LogP contribution in [0.3, 0.4) is 0 Å². The van der Waals surface area contributed by atoms with Crippen LogP contribution in [0.1, 0.15) is 146 Å². The number of alkyl halides is 7. The van der Waals surface area contributed by atoms with Crippen LogP contribution in [0.4, 0.5) is 55.0 Å². The Morgan fingerprint density at radius 3 is 1.14 bits per heavy atom. The van der Waals surface area contributed by atoms with Gasteiger partial charge in [-0.25, -0.2) is 64.2 Å². The molecule has 0 bridgehead atoms. The van der Waals surface area contributed by atoms with Gasteiger partial charge in [0.05, 0.1) is 118 Å². The standard InChI is InChI=1S/C27H26ClF3N6O2.C18H20F3N3O.C10H10ClN3O2.2C9H8ClN3O2.C6H9BrO3.C6H10O3.C4H4ClN3.CH4.K.Na.H2O.H/c1-3-23-24(37-14-18(28)13-33-26(37)34-23)25(38)32-12-17-4-6-19(7-5-17)35(2)21-15-36(16-21)20-8-10-22(11-9-20)39-27(29,30)31;1-23(14-4-2-13(10-22)3-5-14)16-11-24(12-16)15-6-8-17(9-7-15)25-18(19,20)21;1-3-7-8(9(15)16-2)14-5-6(11)4-12-10(14)13-7;2*1-2-6-7(8(14)15)13-4-5(10)3-11-9(13)12-6;1-3-4(8)5(7)6(9)10-2;1-3-5(7)4-6(8)9-2;5-3-1-7-4(6)8-2-3;;;;;/h4-11,13-14,21H,3,12,15-16H2,1-2H3,(H,32,38);2-9,16H,10-12,22H2,1H3;4-5H,3H2,1-2H3;2*3-4H,2H2,1H3,(H,14,15);5H,3H2,1-2H3;3-4H2,1-2H3;1-2H,(H2,6,7,8);1H4;;;1H2;/q;;;;;;;;;2*+1;;-1/p-1. The molecular weight excluding hydrogens is 2060 g/mol. The van der Waals surface area contributed by atoms with E-state index in [9.17, 15) is 64.7 Å². The predicted molar refractivity (Wildman–Crippen MR) is 515 cm³/mol. The molecule has 11 heterocycles. The molecule has 4 aromatic carbocycles. The van der Waals surface area contributed by atoms with E-state index in [2.05, 4.69) is 110 Å². The number of carbonyl (C=O) groups excluding carboxylic acids is 6. The number of rotatable bonds is 25. The van der Waals surface area contributed by atoms with Crippen LogP contribution in [0.15, 0.2) is 159 Å². The number of nitrogens with two attached hydrogens (primary N) is 2. The van der Waals surface area contributed by atoms with Crippen molar-refractivity contribution in [2.45, 2.75) is 137 Å². The minimum atomic E-state index is -4.70. The van der Waals surface area contributed by atoms with E-state index in [-0.39, 0.29) is 154 Å². The quantitative estimate of drug-likeness (QED) is 0.00886. The van der Waals surface area contributed by atoms with E-state index in [0.29, 0.717) is 140 Å². The van der Waals surface area contributed by atoms with E-state index >= 15 is 0 Å². The summed E-state index contributed by atoms with van der Waals surface area (Å²) in [5, 5.41) is 23.2. The molecule has 2 saturated heterocycles. The third kappa shape index (κ3) is 35.7. The molecule has 0 aliphatic carbocycles. The van der Waals surface area contributed by atoms with Gasteiger partial charge in [-0.2, -0.15) is 0 Å². The summed E-state index contributed by atoms with van der Waals surface area (Å²) in [6.07, 6.45) is 8.58. The number of likely N-dealkylation sites (N-methyl/N-ethyl adjacent to an activating group) is 2. The normalized spacial score (nSPS) is 11.9. The Balaban J connectivity index is 0.000000440. The number of methoxy groups -OCH3 is 3. The molecule has 0 spiro atoms. The summed E-state index contributed by atoms with van der Waals surface area (Å²) >= 11 is 31.7. The molecule has 2 aliphatic rings. The second-order valence-electron chi connectivity index (χ2n) is 29.2. The van der Waals surface area contributed by atoms with E-state index in [4.69, 9.17) is 84.4 Å². The molecule has 748 valence electrons. The van der Waals surface area contributed by atoms with Crippen molar-refractivity contribution in [1.82, 2.24) is 72.8 Å². The minimum absolute atomic E-state index is 0. The Labute approximate surface area is 905 Å². The number of carbonyl (C=O) groups is 8. The zero-order valence-electron chi connectivity index (χ0n) is 78.8. The summed E-state index contributed by atoms with van der Waals surface area (Å²) < 4.78 is 101. The van der Waals surface area contributed by atoms with Crippen LogP contribution in [0.5, 0.6) is 11.5 Å². The van der Waals surface area contributed by atoms with E-state index in [0.717, 1.165) is 60.1 Å². The zero-order valence-corrected chi connectivity index (χ0v) is 88.3. The number of carboxylic acid groups (broad SMARTS) is 2. The van der Waals surface area contributed by atoms with Crippen LogP contribution in [0.2, 0.25) is 25.1 Å². The number of anilines is 5. The summed E-state index contributed by atoms with van der Waals surface area (Å²) in [7, 11) is 7.90. The number of halogens is 12. The number of aryl methyl sites for hydroxylation is 4. The third-order valence-electron chi connectivity index (χ3n) is 20.1. The molecule has 2 fully saturated rings. The first kappa shape index (κ1) is 123. The summed E-state index contributed by atoms with van der Waals surface area (Å²) in [6.45, 7) is 14.9. The Morgan fingerprint density at radius 2 is 0.837 bits per heavy atom. The second-order valence-corrected chi connectivity index (χ2v) is 32.3. The number of carboxylic acids is 2. The Bertz CT molecular complexity index is 6180. The number of esters is 3. The number of benzene rings is 4. The summed E-state index contributed by atoms with van der Waals surface area (Å²) in [5.74, 6) is -2.58.